The number of nitrogens with one attached hydrogen (secondary N) is 1. The van der Waals surface area contributed by atoms with Crippen LogP contribution in [0.2, 0.25) is 0 Å². The Hall–Kier alpha value is -0.900. The predicted octanol–water partition coefficient (Wildman–Crippen LogP) is 2.36. The van der Waals surface area contributed by atoms with E-state index in [1.807, 2.05) is 13.8 Å². The molecule has 1 unspecified atom stereocenters. The summed E-state index contributed by atoms with van der Waals surface area (Å²) < 4.78 is 0. The number of hydrogen-bond acceptors (Lipinski definition) is 3. The Balaban J connectivity index is 1.93. The first-order chi connectivity index (χ1) is 9.46. The second kappa shape index (κ2) is 6.70. The van der Waals surface area contributed by atoms with E-state index < -0.39 is 5.60 Å². The quantitative estimate of drug-likeness (QED) is 0.866. The molecule has 0 spiro atoms. The van der Waals surface area contributed by atoms with Gasteiger partial charge in [-0.2, -0.15) is 0 Å². The molecule has 0 bridgehead atoms. The van der Waals surface area contributed by atoms with Crippen LogP contribution in [0.15, 0.2) is 24.3 Å². The van der Waals surface area contributed by atoms with Gasteiger partial charge in [0.05, 0.1) is 5.60 Å². The topological polar surface area (TPSA) is 35.5 Å². The van der Waals surface area contributed by atoms with Gasteiger partial charge in [-0.15, -0.1) is 0 Å². The van der Waals surface area contributed by atoms with Crippen LogP contribution in [0.3, 0.4) is 0 Å². The van der Waals surface area contributed by atoms with Gasteiger partial charge >= 0.3 is 0 Å². The maximum Gasteiger partial charge on any atom is 0.0594 e. The molecule has 0 radical (unpaired) electrons. The van der Waals surface area contributed by atoms with Gasteiger partial charge in [0, 0.05) is 32.2 Å². The fourth-order valence-corrected chi connectivity index (χ4v) is 2.69. The summed E-state index contributed by atoms with van der Waals surface area (Å²) in [5, 5.41) is 13.2. The number of nitrogens with zero attached hydrogens (tertiary/aromatic N) is 1. The maximum atomic E-state index is 9.78. The zero-order valence-corrected chi connectivity index (χ0v) is 13.0. The monoisotopic (exact) mass is 276 g/mol. The summed E-state index contributed by atoms with van der Waals surface area (Å²) >= 11 is 0. The van der Waals surface area contributed by atoms with E-state index in [4.69, 9.17) is 0 Å². The minimum atomic E-state index is -0.577. The minimum absolute atomic E-state index is 0.487. The lowest BCUT2D eigenvalue weighted by molar-refractivity contribution is 0.0714. The van der Waals surface area contributed by atoms with Crippen LogP contribution >= 0.6 is 0 Å². The summed E-state index contributed by atoms with van der Waals surface area (Å²) in [5.41, 5.74) is 2.12. The summed E-state index contributed by atoms with van der Waals surface area (Å²) in [6, 6.07) is 9.39. The number of hydrogen-bond donors (Lipinski definition) is 2. The fraction of sp³-hybridized carbons (Fsp3) is 0.647. The Morgan fingerprint density at radius 3 is 2.35 bits per heavy atom. The predicted molar refractivity (Wildman–Crippen MR) is 83.9 cm³/mol. The maximum absolute atomic E-state index is 9.78. The number of aryl methyl sites for hydroxylation is 1. The lowest BCUT2D eigenvalue weighted by atomic mass is 9.97. The third kappa shape index (κ3) is 4.58. The first-order valence-corrected chi connectivity index (χ1v) is 7.72. The van der Waals surface area contributed by atoms with Crippen molar-refractivity contribution >= 4 is 0 Å². The van der Waals surface area contributed by atoms with Crippen LogP contribution < -0.4 is 5.32 Å². The molecule has 0 saturated carbocycles. The molecule has 1 aromatic rings. The molecule has 1 atom stereocenters. The van der Waals surface area contributed by atoms with Gasteiger partial charge in [0.2, 0.25) is 0 Å². The number of piperazine rings is 1. The fourth-order valence-electron chi connectivity index (χ4n) is 2.69. The number of rotatable bonds is 5. The van der Waals surface area contributed by atoms with E-state index in [-0.39, 0.29) is 0 Å². The Labute approximate surface area is 123 Å². The van der Waals surface area contributed by atoms with Crippen LogP contribution in [-0.4, -0.2) is 41.8 Å². The number of aliphatic hydroxyl groups is 1. The van der Waals surface area contributed by atoms with Crippen molar-refractivity contribution in [2.24, 2.45) is 0 Å². The highest BCUT2D eigenvalue weighted by Crippen LogP contribution is 2.22. The van der Waals surface area contributed by atoms with Gasteiger partial charge in [-0.05, 0) is 44.7 Å². The molecular formula is C17H28N2O. The number of benzene rings is 1. The lowest BCUT2D eigenvalue weighted by Crippen LogP contribution is -2.44. The standard InChI is InChI=1S/C17H28N2O/c1-14(19-12-10-18-11-13-19)16-6-4-15(5-7-16)8-9-17(2,3)20/h4-7,14,18,20H,8-13H2,1-3H3. The average Bonchev–Trinajstić information content (AvgIpc) is 2.45. The molecule has 2 N–H and O–H groups in total. The Morgan fingerprint density at radius 1 is 1.20 bits per heavy atom. The zero-order chi connectivity index (χ0) is 14.6. The van der Waals surface area contributed by atoms with E-state index in [1.54, 1.807) is 0 Å². The van der Waals surface area contributed by atoms with Crippen LogP contribution in [0.4, 0.5) is 0 Å². The molecule has 0 amide bonds. The van der Waals surface area contributed by atoms with E-state index in [1.165, 1.54) is 11.1 Å². The average molecular weight is 276 g/mol. The van der Waals surface area contributed by atoms with Gasteiger partial charge in [-0.25, -0.2) is 0 Å². The van der Waals surface area contributed by atoms with Gasteiger partial charge in [0.25, 0.3) is 0 Å². The normalized spacial score (nSPS) is 19.0. The van der Waals surface area contributed by atoms with Crippen molar-refractivity contribution in [1.29, 1.82) is 0 Å². The summed E-state index contributed by atoms with van der Waals surface area (Å²) in [7, 11) is 0. The molecule has 1 heterocycles. The largest absolute Gasteiger partial charge is 0.390 e. The van der Waals surface area contributed by atoms with Gasteiger partial charge in [-0.1, -0.05) is 24.3 Å². The summed E-state index contributed by atoms with van der Waals surface area (Å²) in [6.07, 6.45) is 1.74. The summed E-state index contributed by atoms with van der Waals surface area (Å²) in [6.45, 7) is 10.5. The van der Waals surface area contributed by atoms with E-state index in [9.17, 15) is 5.11 Å². The molecule has 3 heteroatoms. The highest BCUT2D eigenvalue weighted by Gasteiger charge is 2.18. The molecule has 0 aromatic heterocycles. The van der Waals surface area contributed by atoms with Crippen LogP contribution in [0, 0.1) is 0 Å². The van der Waals surface area contributed by atoms with E-state index in [0.29, 0.717) is 6.04 Å². The molecule has 0 aliphatic carbocycles. The van der Waals surface area contributed by atoms with Gasteiger partial charge < -0.3 is 10.4 Å². The molecule has 20 heavy (non-hydrogen) atoms. The van der Waals surface area contributed by atoms with Crippen molar-refractivity contribution in [3.63, 3.8) is 0 Å². The van der Waals surface area contributed by atoms with Crippen LogP contribution in [-0.2, 0) is 6.42 Å². The van der Waals surface area contributed by atoms with Gasteiger partial charge in [0.15, 0.2) is 0 Å². The SMILES string of the molecule is CC(c1ccc(CCC(C)(C)O)cc1)N1CCNCC1. The Morgan fingerprint density at radius 2 is 1.80 bits per heavy atom. The molecule has 1 aliphatic heterocycles. The highest BCUT2D eigenvalue weighted by molar-refractivity contribution is 5.25. The van der Waals surface area contributed by atoms with Crippen molar-refractivity contribution in [2.75, 3.05) is 26.2 Å². The van der Waals surface area contributed by atoms with Gasteiger partial charge in [0.1, 0.15) is 0 Å². The molecule has 2 rings (SSSR count). The Bertz CT molecular complexity index is 402. The molecule has 3 nitrogen and oxygen atoms in total. The van der Waals surface area contributed by atoms with Crippen molar-refractivity contribution < 1.29 is 5.11 Å². The van der Waals surface area contributed by atoms with Crippen molar-refractivity contribution in [3.05, 3.63) is 35.4 Å². The highest BCUT2D eigenvalue weighted by atomic mass is 16.3. The summed E-state index contributed by atoms with van der Waals surface area (Å²) in [5.74, 6) is 0. The van der Waals surface area contributed by atoms with Gasteiger partial charge in [-0.3, -0.25) is 4.90 Å². The van der Waals surface area contributed by atoms with Crippen LogP contribution in [0.25, 0.3) is 0 Å². The zero-order valence-electron chi connectivity index (χ0n) is 13.0. The molecule has 1 fully saturated rings. The van der Waals surface area contributed by atoms with Crippen LogP contribution in [0.1, 0.15) is 44.4 Å². The second-order valence-corrected chi connectivity index (χ2v) is 6.52. The second-order valence-electron chi connectivity index (χ2n) is 6.52. The molecule has 112 valence electrons. The third-order valence-corrected chi connectivity index (χ3v) is 4.19. The molecular weight excluding hydrogens is 248 g/mol. The summed E-state index contributed by atoms with van der Waals surface area (Å²) in [4.78, 5) is 2.53. The van der Waals surface area contributed by atoms with Crippen molar-refractivity contribution in [3.8, 4) is 0 Å². The first kappa shape index (κ1) is 15.5. The van der Waals surface area contributed by atoms with E-state index in [2.05, 4.69) is 41.4 Å². The molecule has 1 aliphatic rings. The lowest BCUT2D eigenvalue weighted by Gasteiger charge is -2.33. The van der Waals surface area contributed by atoms with Crippen LogP contribution in [0.5, 0.6) is 0 Å². The molecule has 1 aromatic carbocycles. The van der Waals surface area contributed by atoms with E-state index in [0.717, 1.165) is 39.0 Å². The first-order valence-electron chi connectivity index (χ1n) is 7.72. The van der Waals surface area contributed by atoms with Crippen molar-refractivity contribution in [2.45, 2.75) is 45.3 Å². The smallest absolute Gasteiger partial charge is 0.0594 e. The Kier molecular flexibility index (Phi) is 5.19. The minimum Gasteiger partial charge on any atom is -0.390 e. The molecule has 1 saturated heterocycles. The van der Waals surface area contributed by atoms with E-state index >= 15 is 0 Å². The third-order valence-electron chi connectivity index (χ3n) is 4.19. The van der Waals surface area contributed by atoms with Crippen molar-refractivity contribution in [1.82, 2.24) is 10.2 Å².